The van der Waals surface area contributed by atoms with Gasteiger partial charge in [-0.05, 0) is 23.8 Å². The third-order valence-electron chi connectivity index (χ3n) is 2.92. The van der Waals surface area contributed by atoms with Crippen LogP contribution in [0.3, 0.4) is 0 Å². The van der Waals surface area contributed by atoms with Gasteiger partial charge in [-0.25, -0.2) is 8.78 Å². The minimum atomic E-state index is -0.777. The Bertz CT molecular complexity index is 623. The second kappa shape index (κ2) is 5.69. The third kappa shape index (κ3) is 3.12. The van der Waals surface area contributed by atoms with Gasteiger partial charge in [0.1, 0.15) is 11.6 Å². The number of hydrogen-bond acceptors (Lipinski definition) is 2. The molecular formula is C15H14F2N2O. The van der Waals surface area contributed by atoms with Crippen molar-refractivity contribution in [2.24, 2.45) is 0 Å². The topological polar surface area (TPSA) is 46.3 Å². The second-order valence-corrected chi connectivity index (χ2v) is 4.52. The molecule has 0 bridgehead atoms. The number of carbonyl (C=O) groups excluding carboxylic acids is 1. The number of nitrogens with two attached hydrogens (primary N) is 1. The molecule has 1 amide bonds. The van der Waals surface area contributed by atoms with Crippen molar-refractivity contribution in [2.75, 3.05) is 12.8 Å². The predicted molar refractivity (Wildman–Crippen MR) is 73.0 cm³/mol. The summed E-state index contributed by atoms with van der Waals surface area (Å²) in [5.74, 6) is -2.02. The number of rotatable bonds is 3. The smallest absolute Gasteiger partial charge is 0.254 e. The van der Waals surface area contributed by atoms with E-state index in [9.17, 15) is 13.6 Å². The van der Waals surface area contributed by atoms with Gasteiger partial charge in [-0.3, -0.25) is 4.79 Å². The van der Waals surface area contributed by atoms with Crippen LogP contribution in [0.5, 0.6) is 0 Å². The Morgan fingerprint density at radius 1 is 1.15 bits per heavy atom. The number of halogens is 2. The van der Waals surface area contributed by atoms with Gasteiger partial charge in [0.15, 0.2) is 0 Å². The minimum absolute atomic E-state index is 0.0282. The van der Waals surface area contributed by atoms with Crippen LogP contribution in [0, 0.1) is 11.6 Å². The van der Waals surface area contributed by atoms with E-state index in [1.807, 2.05) is 6.07 Å². The van der Waals surface area contributed by atoms with Gasteiger partial charge in [-0.2, -0.15) is 0 Å². The average molecular weight is 276 g/mol. The first-order valence-corrected chi connectivity index (χ1v) is 6.02. The molecule has 2 aromatic rings. The Hall–Kier alpha value is -2.43. The number of carbonyl (C=O) groups is 1. The van der Waals surface area contributed by atoms with E-state index in [1.54, 1.807) is 25.2 Å². The zero-order valence-electron chi connectivity index (χ0n) is 10.9. The molecule has 20 heavy (non-hydrogen) atoms. The van der Waals surface area contributed by atoms with Crippen molar-refractivity contribution in [3.63, 3.8) is 0 Å². The van der Waals surface area contributed by atoms with Gasteiger partial charge in [0, 0.05) is 30.9 Å². The molecule has 0 aliphatic carbocycles. The Labute approximate surface area is 115 Å². The van der Waals surface area contributed by atoms with Gasteiger partial charge in [0.25, 0.3) is 5.91 Å². The maximum atomic E-state index is 13.1. The number of nitrogens with zero attached hydrogens (tertiary/aromatic N) is 1. The van der Waals surface area contributed by atoms with E-state index in [0.717, 1.165) is 23.8 Å². The van der Waals surface area contributed by atoms with Crippen LogP contribution in [0.1, 0.15) is 15.9 Å². The summed E-state index contributed by atoms with van der Waals surface area (Å²) in [6, 6.07) is 9.88. The number of hydrogen-bond donors (Lipinski definition) is 1. The highest BCUT2D eigenvalue weighted by molar-refractivity contribution is 5.94. The number of para-hydroxylation sites is 1. The van der Waals surface area contributed by atoms with E-state index in [-0.39, 0.29) is 12.1 Å². The lowest BCUT2D eigenvalue weighted by Crippen LogP contribution is -2.26. The summed E-state index contributed by atoms with van der Waals surface area (Å²) < 4.78 is 26.2. The van der Waals surface area contributed by atoms with Gasteiger partial charge in [0.2, 0.25) is 0 Å². The van der Waals surface area contributed by atoms with E-state index in [4.69, 9.17) is 5.73 Å². The number of amides is 1. The van der Waals surface area contributed by atoms with Crippen LogP contribution in [-0.4, -0.2) is 17.9 Å². The molecule has 2 aromatic carbocycles. The minimum Gasteiger partial charge on any atom is -0.398 e. The number of anilines is 1. The molecule has 0 unspecified atom stereocenters. The van der Waals surface area contributed by atoms with Crippen LogP contribution in [0.15, 0.2) is 42.5 Å². The highest BCUT2D eigenvalue weighted by atomic mass is 19.1. The summed E-state index contributed by atoms with van der Waals surface area (Å²) >= 11 is 0. The summed E-state index contributed by atoms with van der Waals surface area (Å²) in [6.45, 7) is 0.267. The van der Waals surface area contributed by atoms with E-state index < -0.39 is 17.5 Å². The monoisotopic (exact) mass is 276 g/mol. The van der Waals surface area contributed by atoms with E-state index in [2.05, 4.69) is 0 Å². The van der Waals surface area contributed by atoms with Gasteiger partial charge >= 0.3 is 0 Å². The van der Waals surface area contributed by atoms with Crippen LogP contribution < -0.4 is 5.73 Å². The highest BCUT2D eigenvalue weighted by Gasteiger charge is 2.15. The summed E-state index contributed by atoms with van der Waals surface area (Å²) in [6.07, 6.45) is 0. The predicted octanol–water partition coefficient (Wildman–Crippen LogP) is 2.82. The van der Waals surface area contributed by atoms with Crippen molar-refractivity contribution < 1.29 is 13.6 Å². The molecule has 3 nitrogen and oxygen atoms in total. The molecule has 2 rings (SSSR count). The maximum absolute atomic E-state index is 13.1. The van der Waals surface area contributed by atoms with Gasteiger partial charge in [-0.15, -0.1) is 0 Å². The Kier molecular flexibility index (Phi) is 3.98. The average Bonchev–Trinajstić information content (AvgIpc) is 2.39. The molecule has 0 aliphatic heterocycles. The van der Waals surface area contributed by atoms with Gasteiger partial charge < -0.3 is 10.6 Å². The van der Waals surface area contributed by atoms with Gasteiger partial charge in [-0.1, -0.05) is 18.2 Å². The molecule has 0 atom stereocenters. The number of nitrogen functional groups attached to an aromatic ring is 1. The summed E-state index contributed by atoms with van der Waals surface area (Å²) in [4.78, 5) is 13.5. The van der Waals surface area contributed by atoms with Crippen LogP contribution in [0.4, 0.5) is 14.5 Å². The third-order valence-corrected chi connectivity index (χ3v) is 2.92. The zero-order chi connectivity index (χ0) is 14.7. The number of benzene rings is 2. The van der Waals surface area contributed by atoms with Crippen molar-refractivity contribution in [1.29, 1.82) is 0 Å². The van der Waals surface area contributed by atoms with E-state index >= 15 is 0 Å². The van der Waals surface area contributed by atoms with E-state index in [0.29, 0.717) is 5.69 Å². The van der Waals surface area contributed by atoms with Crippen molar-refractivity contribution in [3.8, 4) is 0 Å². The highest BCUT2D eigenvalue weighted by Crippen LogP contribution is 2.15. The first kappa shape index (κ1) is 14.0. The van der Waals surface area contributed by atoms with Crippen LogP contribution in [0.25, 0.3) is 0 Å². The largest absolute Gasteiger partial charge is 0.398 e. The van der Waals surface area contributed by atoms with Gasteiger partial charge in [0.05, 0.1) is 0 Å². The fourth-order valence-electron chi connectivity index (χ4n) is 1.90. The maximum Gasteiger partial charge on any atom is 0.254 e. The lowest BCUT2D eigenvalue weighted by atomic mass is 10.1. The fraction of sp³-hybridized carbons (Fsp3) is 0.133. The van der Waals surface area contributed by atoms with Crippen molar-refractivity contribution >= 4 is 11.6 Å². The van der Waals surface area contributed by atoms with Crippen LogP contribution in [-0.2, 0) is 6.54 Å². The normalized spacial score (nSPS) is 10.3. The fourth-order valence-corrected chi connectivity index (χ4v) is 1.90. The molecule has 5 heteroatoms. The van der Waals surface area contributed by atoms with Crippen molar-refractivity contribution in [3.05, 3.63) is 65.2 Å². The molecule has 0 saturated heterocycles. The SMILES string of the molecule is CN(Cc1ccccc1N)C(=O)c1cc(F)cc(F)c1. The molecular weight excluding hydrogens is 262 g/mol. The molecule has 0 spiro atoms. The first-order valence-electron chi connectivity index (χ1n) is 6.02. The summed E-state index contributed by atoms with van der Waals surface area (Å²) in [7, 11) is 1.55. The second-order valence-electron chi connectivity index (χ2n) is 4.52. The van der Waals surface area contributed by atoms with Crippen LogP contribution in [0.2, 0.25) is 0 Å². The Morgan fingerprint density at radius 3 is 2.35 bits per heavy atom. The Morgan fingerprint density at radius 2 is 1.75 bits per heavy atom. The molecule has 0 heterocycles. The molecule has 2 N–H and O–H groups in total. The lowest BCUT2D eigenvalue weighted by molar-refractivity contribution is 0.0784. The zero-order valence-corrected chi connectivity index (χ0v) is 10.9. The Balaban J connectivity index is 2.18. The summed E-state index contributed by atoms with van der Waals surface area (Å²) in [5.41, 5.74) is 7.11. The molecule has 0 aromatic heterocycles. The van der Waals surface area contributed by atoms with Crippen LogP contribution >= 0.6 is 0 Å². The molecule has 0 fully saturated rings. The lowest BCUT2D eigenvalue weighted by Gasteiger charge is -2.18. The van der Waals surface area contributed by atoms with Crippen molar-refractivity contribution in [1.82, 2.24) is 4.90 Å². The molecule has 0 aliphatic rings. The quantitative estimate of drug-likeness (QED) is 0.876. The molecule has 104 valence electrons. The molecule has 0 saturated carbocycles. The van der Waals surface area contributed by atoms with Crippen molar-refractivity contribution in [2.45, 2.75) is 6.54 Å². The summed E-state index contributed by atoms with van der Waals surface area (Å²) in [5, 5.41) is 0. The van der Waals surface area contributed by atoms with E-state index in [1.165, 1.54) is 4.90 Å². The standard InChI is InChI=1S/C15H14F2N2O/c1-19(9-10-4-2-3-5-14(10)18)15(20)11-6-12(16)8-13(17)7-11/h2-8H,9,18H2,1H3. The molecule has 0 radical (unpaired) electrons. The first-order chi connectivity index (χ1) is 9.47.